The molecule has 0 aliphatic rings. The lowest BCUT2D eigenvalue weighted by atomic mass is 10.2. The average Bonchev–Trinajstić information content (AvgIpc) is 3.06. The highest BCUT2D eigenvalue weighted by Gasteiger charge is 2.12. The van der Waals surface area contributed by atoms with Crippen molar-refractivity contribution >= 4 is 16.1 Å². The number of rotatable bonds is 7. The molecule has 7 nitrogen and oxygen atoms in total. The largest absolute Gasteiger partial charge is 0.351 e. The van der Waals surface area contributed by atoms with Crippen molar-refractivity contribution in [3.05, 3.63) is 54.4 Å². The fourth-order valence-electron chi connectivity index (χ4n) is 1.88. The summed E-state index contributed by atoms with van der Waals surface area (Å²) in [4.78, 5) is 12.0. The Morgan fingerprint density at radius 3 is 2.26 bits per heavy atom. The van der Waals surface area contributed by atoms with E-state index in [2.05, 4.69) is 10.0 Å². The van der Waals surface area contributed by atoms with Gasteiger partial charge >= 0.3 is 0 Å². The molecule has 0 bridgehead atoms. The quantitative estimate of drug-likeness (QED) is 0.727. The zero-order valence-electron chi connectivity index (χ0n) is 13.1. The fraction of sp³-hybridized carbons (Fsp3) is 0.267. The van der Waals surface area contributed by atoms with Crippen LogP contribution in [-0.4, -0.2) is 50.4 Å². The second kappa shape index (κ2) is 7.40. The molecule has 1 aromatic heterocycles. The Balaban J connectivity index is 1.84. The third-order valence-electron chi connectivity index (χ3n) is 3.21. The first-order valence-electron chi connectivity index (χ1n) is 7.09. The average molecular weight is 336 g/mol. The van der Waals surface area contributed by atoms with Crippen molar-refractivity contribution in [2.45, 2.75) is 0 Å². The molecule has 2 rings (SSSR count). The van der Waals surface area contributed by atoms with E-state index < -0.39 is 10.2 Å². The van der Waals surface area contributed by atoms with Gasteiger partial charge in [0.05, 0.1) is 0 Å². The third kappa shape index (κ3) is 4.65. The molecule has 0 radical (unpaired) electrons. The van der Waals surface area contributed by atoms with Crippen molar-refractivity contribution in [1.82, 2.24) is 18.9 Å². The normalized spacial score (nSPS) is 11.6. The Morgan fingerprint density at radius 2 is 1.70 bits per heavy atom. The van der Waals surface area contributed by atoms with Gasteiger partial charge in [-0.15, -0.1) is 0 Å². The van der Waals surface area contributed by atoms with Gasteiger partial charge in [0.2, 0.25) is 0 Å². The maximum absolute atomic E-state index is 12.0. The standard InChI is InChI=1S/C15H20N4O3S/c1-18(2)23(21,22)17-10-9-16-15(20)13-5-7-14(8-6-13)19-11-3-4-12-19/h3-8,11-12,17H,9-10H2,1-2H3,(H,16,20). The fourth-order valence-corrected chi connectivity index (χ4v) is 2.50. The van der Waals surface area contributed by atoms with Crippen LogP contribution in [0, 0.1) is 0 Å². The van der Waals surface area contributed by atoms with Crippen LogP contribution in [0.1, 0.15) is 10.4 Å². The van der Waals surface area contributed by atoms with Gasteiger partial charge in [0.25, 0.3) is 16.1 Å². The Hall–Kier alpha value is -2.16. The van der Waals surface area contributed by atoms with E-state index in [9.17, 15) is 13.2 Å². The topological polar surface area (TPSA) is 83.4 Å². The van der Waals surface area contributed by atoms with E-state index >= 15 is 0 Å². The molecule has 0 unspecified atom stereocenters. The Bertz CT molecular complexity index is 738. The van der Waals surface area contributed by atoms with Crippen LogP contribution >= 0.6 is 0 Å². The summed E-state index contributed by atoms with van der Waals surface area (Å²) < 4.78 is 28.4. The minimum Gasteiger partial charge on any atom is -0.351 e. The first kappa shape index (κ1) is 17.2. The van der Waals surface area contributed by atoms with Gasteiger partial charge < -0.3 is 9.88 Å². The van der Waals surface area contributed by atoms with Gasteiger partial charge in [0, 0.05) is 50.8 Å². The molecule has 1 heterocycles. The third-order valence-corrected chi connectivity index (χ3v) is 4.74. The molecule has 2 aromatic rings. The SMILES string of the molecule is CN(C)S(=O)(=O)NCCNC(=O)c1ccc(-n2cccc2)cc1. The summed E-state index contributed by atoms with van der Waals surface area (Å²) in [5.74, 6) is -0.242. The van der Waals surface area contributed by atoms with Gasteiger partial charge in [0.15, 0.2) is 0 Å². The van der Waals surface area contributed by atoms with Crippen LogP contribution in [-0.2, 0) is 10.2 Å². The van der Waals surface area contributed by atoms with Crippen LogP contribution in [0.5, 0.6) is 0 Å². The number of amides is 1. The maximum Gasteiger partial charge on any atom is 0.278 e. The van der Waals surface area contributed by atoms with Crippen molar-refractivity contribution in [2.75, 3.05) is 27.2 Å². The molecule has 0 aliphatic heterocycles. The number of aromatic nitrogens is 1. The Kier molecular flexibility index (Phi) is 5.54. The van der Waals surface area contributed by atoms with E-state index in [1.807, 2.05) is 41.2 Å². The number of hydrogen-bond donors (Lipinski definition) is 2. The molecule has 1 amide bonds. The van der Waals surface area contributed by atoms with E-state index in [1.54, 1.807) is 12.1 Å². The van der Waals surface area contributed by atoms with Crippen LogP contribution in [0.4, 0.5) is 0 Å². The summed E-state index contributed by atoms with van der Waals surface area (Å²) in [5, 5.41) is 2.67. The minimum absolute atomic E-state index is 0.133. The highest BCUT2D eigenvalue weighted by Crippen LogP contribution is 2.09. The summed E-state index contributed by atoms with van der Waals surface area (Å²) in [6, 6.07) is 11.0. The van der Waals surface area contributed by atoms with Crippen LogP contribution in [0.3, 0.4) is 0 Å². The minimum atomic E-state index is -3.46. The molecule has 0 aliphatic carbocycles. The predicted molar refractivity (Wildman–Crippen MR) is 88.7 cm³/mol. The zero-order chi connectivity index (χ0) is 16.9. The second-order valence-electron chi connectivity index (χ2n) is 5.07. The van der Waals surface area contributed by atoms with Gasteiger partial charge in [-0.1, -0.05) is 0 Å². The predicted octanol–water partition coefficient (Wildman–Crippen LogP) is 0.603. The molecule has 0 atom stereocenters. The lowest BCUT2D eigenvalue weighted by Gasteiger charge is -2.12. The van der Waals surface area contributed by atoms with Crippen molar-refractivity contribution in [3.63, 3.8) is 0 Å². The molecular formula is C15H20N4O3S. The van der Waals surface area contributed by atoms with Crippen molar-refractivity contribution < 1.29 is 13.2 Å². The number of hydrogen-bond acceptors (Lipinski definition) is 3. The van der Waals surface area contributed by atoms with Gasteiger partial charge in [-0.2, -0.15) is 12.7 Å². The van der Waals surface area contributed by atoms with Gasteiger partial charge in [-0.05, 0) is 36.4 Å². The van der Waals surface area contributed by atoms with E-state index in [0.717, 1.165) is 9.99 Å². The Labute approximate surface area is 136 Å². The molecule has 0 saturated carbocycles. The van der Waals surface area contributed by atoms with E-state index in [4.69, 9.17) is 0 Å². The highest BCUT2D eigenvalue weighted by atomic mass is 32.2. The molecule has 8 heteroatoms. The number of benzene rings is 1. The van der Waals surface area contributed by atoms with Crippen LogP contribution in [0.2, 0.25) is 0 Å². The zero-order valence-corrected chi connectivity index (χ0v) is 13.9. The summed E-state index contributed by atoms with van der Waals surface area (Å²) in [6.07, 6.45) is 3.85. The smallest absolute Gasteiger partial charge is 0.278 e. The molecule has 1 aromatic carbocycles. The maximum atomic E-state index is 12.0. The number of carbonyl (C=O) groups excluding carboxylic acids is 1. The summed E-state index contributed by atoms with van der Waals surface area (Å²) in [6.45, 7) is 0.346. The van der Waals surface area contributed by atoms with Crippen LogP contribution in [0.15, 0.2) is 48.8 Å². The number of carbonyl (C=O) groups is 1. The monoisotopic (exact) mass is 336 g/mol. The van der Waals surface area contributed by atoms with E-state index in [0.29, 0.717) is 5.56 Å². The van der Waals surface area contributed by atoms with E-state index in [-0.39, 0.29) is 19.0 Å². The lowest BCUT2D eigenvalue weighted by Crippen LogP contribution is -2.40. The van der Waals surface area contributed by atoms with Gasteiger partial charge in [-0.3, -0.25) is 4.79 Å². The summed E-state index contributed by atoms with van der Waals surface area (Å²) in [5.41, 5.74) is 1.49. The van der Waals surface area contributed by atoms with E-state index in [1.165, 1.54) is 14.1 Å². The number of nitrogens with zero attached hydrogens (tertiary/aromatic N) is 2. The molecule has 0 fully saturated rings. The van der Waals surface area contributed by atoms with Crippen LogP contribution < -0.4 is 10.0 Å². The number of nitrogens with one attached hydrogen (secondary N) is 2. The van der Waals surface area contributed by atoms with Crippen molar-refractivity contribution in [3.8, 4) is 5.69 Å². The highest BCUT2D eigenvalue weighted by molar-refractivity contribution is 7.87. The summed E-state index contributed by atoms with van der Waals surface area (Å²) in [7, 11) is -0.587. The summed E-state index contributed by atoms with van der Waals surface area (Å²) >= 11 is 0. The van der Waals surface area contributed by atoms with Crippen LogP contribution in [0.25, 0.3) is 5.69 Å². The van der Waals surface area contributed by atoms with Crippen molar-refractivity contribution in [1.29, 1.82) is 0 Å². The van der Waals surface area contributed by atoms with Gasteiger partial charge in [0.1, 0.15) is 0 Å². The molecule has 0 saturated heterocycles. The molecular weight excluding hydrogens is 316 g/mol. The van der Waals surface area contributed by atoms with Crippen molar-refractivity contribution in [2.24, 2.45) is 0 Å². The Morgan fingerprint density at radius 1 is 1.09 bits per heavy atom. The molecule has 0 spiro atoms. The second-order valence-corrected chi connectivity index (χ2v) is 7.04. The first-order chi connectivity index (χ1) is 10.9. The lowest BCUT2D eigenvalue weighted by molar-refractivity contribution is 0.0954. The molecule has 23 heavy (non-hydrogen) atoms. The molecule has 124 valence electrons. The molecule has 2 N–H and O–H groups in total. The van der Waals surface area contributed by atoms with Gasteiger partial charge in [-0.25, -0.2) is 4.72 Å². The first-order valence-corrected chi connectivity index (χ1v) is 8.53.